The van der Waals surface area contributed by atoms with E-state index in [1.165, 1.54) is 0 Å². The molecule has 2 aromatic carbocycles. The molecule has 2 N–H and O–H groups in total. The first kappa shape index (κ1) is 20.6. The van der Waals surface area contributed by atoms with Gasteiger partial charge in [0.1, 0.15) is 11.6 Å². The van der Waals surface area contributed by atoms with E-state index >= 15 is 0 Å². The number of morpholine rings is 1. The smallest absolute Gasteiger partial charge is 0.245 e. The molecule has 9 heteroatoms. The number of fused-ring (bicyclic) bond motifs is 2. The lowest BCUT2D eigenvalue weighted by Gasteiger charge is -2.25. The minimum absolute atomic E-state index is 0.507. The van der Waals surface area contributed by atoms with Gasteiger partial charge in [0.25, 0.3) is 0 Å². The Labute approximate surface area is 196 Å². The number of aromatic nitrogens is 5. The van der Waals surface area contributed by atoms with Crippen molar-refractivity contribution in [1.29, 1.82) is 0 Å². The van der Waals surface area contributed by atoms with Crippen molar-refractivity contribution in [2.45, 2.75) is 6.54 Å². The second kappa shape index (κ2) is 8.77. The van der Waals surface area contributed by atoms with Crippen LogP contribution in [0, 0.1) is 0 Å². The molecule has 6 rings (SSSR count). The third-order valence-corrected chi connectivity index (χ3v) is 6.05. The van der Waals surface area contributed by atoms with Gasteiger partial charge in [-0.2, -0.15) is 0 Å². The Morgan fingerprint density at radius 1 is 1.09 bits per heavy atom. The molecule has 0 atom stereocenters. The Kier molecular flexibility index (Phi) is 5.32. The number of benzene rings is 2. The van der Waals surface area contributed by atoms with Crippen molar-refractivity contribution < 1.29 is 9.47 Å². The van der Waals surface area contributed by atoms with Crippen LogP contribution in [-0.2, 0) is 11.3 Å². The van der Waals surface area contributed by atoms with Crippen LogP contribution in [0.4, 0.5) is 11.6 Å². The van der Waals surface area contributed by atoms with Crippen molar-refractivity contribution in [3.63, 3.8) is 0 Å². The van der Waals surface area contributed by atoms with Gasteiger partial charge in [-0.05, 0) is 42.5 Å². The van der Waals surface area contributed by atoms with Crippen molar-refractivity contribution in [3.05, 3.63) is 66.6 Å². The zero-order valence-electron chi connectivity index (χ0n) is 18.9. The number of nitrogens with zero attached hydrogens (tertiary/aromatic N) is 5. The first-order valence-electron chi connectivity index (χ1n) is 11.3. The average molecular weight is 456 g/mol. The lowest BCUT2D eigenvalue weighted by atomic mass is 10.1. The summed E-state index contributed by atoms with van der Waals surface area (Å²) in [6, 6.07) is 18.0. The van der Waals surface area contributed by atoms with Crippen LogP contribution in [-0.4, -0.2) is 62.9 Å². The largest absolute Gasteiger partial charge is 0.496 e. The van der Waals surface area contributed by atoms with Crippen LogP contribution in [0.3, 0.4) is 0 Å². The second-order valence-corrected chi connectivity index (χ2v) is 8.27. The number of hydrogen-bond acceptors (Lipinski definition) is 7. The van der Waals surface area contributed by atoms with Gasteiger partial charge in [-0.15, -0.1) is 5.10 Å². The first-order chi connectivity index (χ1) is 16.8. The quantitative estimate of drug-likeness (QED) is 0.402. The molecule has 0 bridgehead atoms. The highest BCUT2D eigenvalue weighted by molar-refractivity contribution is 5.80. The molecule has 0 unspecified atom stereocenters. The molecule has 1 saturated heterocycles. The zero-order chi connectivity index (χ0) is 22.9. The lowest BCUT2D eigenvalue weighted by molar-refractivity contribution is 0.0332. The molecule has 0 radical (unpaired) electrons. The third kappa shape index (κ3) is 3.95. The molecule has 0 aliphatic carbocycles. The summed E-state index contributed by atoms with van der Waals surface area (Å²) >= 11 is 0. The molecule has 34 heavy (non-hydrogen) atoms. The van der Waals surface area contributed by atoms with Crippen LogP contribution < -0.4 is 10.1 Å². The SMILES string of the molecule is COc1ccccc1-c1ccc2cnc(Nc3ccc4nc(CN5CCOCC5)[nH]c4c3)nn12. The minimum Gasteiger partial charge on any atom is -0.496 e. The van der Waals surface area contributed by atoms with Crippen molar-refractivity contribution in [2.75, 3.05) is 38.7 Å². The van der Waals surface area contributed by atoms with E-state index in [2.05, 4.69) is 20.2 Å². The molecular weight excluding hydrogens is 430 g/mol. The average Bonchev–Trinajstić information content (AvgIpc) is 3.47. The predicted octanol–water partition coefficient (Wildman–Crippen LogP) is 3.86. The van der Waals surface area contributed by atoms with Gasteiger partial charge in [-0.25, -0.2) is 14.5 Å². The first-order valence-corrected chi connectivity index (χ1v) is 11.3. The molecule has 1 aliphatic heterocycles. The van der Waals surface area contributed by atoms with E-state index in [0.717, 1.165) is 77.9 Å². The highest BCUT2D eigenvalue weighted by Crippen LogP contribution is 2.30. The van der Waals surface area contributed by atoms with Gasteiger partial charge in [-0.1, -0.05) is 12.1 Å². The standard InChI is InChI=1S/C25H25N7O2/c1-33-23-5-3-2-4-19(23)22-9-7-18-15-26-25(30-32(18)22)27-17-6-8-20-21(14-17)29-24(28-20)16-31-10-12-34-13-11-31/h2-9,14-15H,10-13,16H2,1H3,(H,27,30)(H,28,29). The van der Waals surface area contributed by atoms with E-state index < -0.39 is 0 Å². The number of para-hydroxylation sites is 1. The number of hydrogen-bond donors (Lipinski definition) is 2. The maximum Gasteiger partial charge on any atom is 0.245 e. The fourth-order valence-electron chi connectivity index (χ4n) is 4.33. The van der Waals surface area contributed by atoms with Gasteiger partial charge in [0.05, 0.1) is 55.3 Å². The Balaban J connectivity index is 1.27. The minimum atomic E-state index is 0.507. The van der Waals surface area contributed by atoms with Crippen LogP contribution in [0.2, 0.25) is 0 Å². The number of imidazole rings is 1. The monoisotopic (exact) mass is 455 g/mol. The zero-order valence-corrected chi connectivity index (χ0v) is 18.9. The van der Waals surface area contributed by atoms with E-state index in [1.54, 1.807) is 7.11 Å². The van der Waals surface area contributed by atoms with Crippen molar-refractivity contribution in [3.8, 4) is 17.0 Å². The molecule has 4 heterocycles. The summed E-state index contributed by atoms with van der Waals surface area (Å²) in [5.74, 6) is 2.26. The Morgan fingerprint density at radius 3 is 2.85 bits per heavy atom. The summed E-state index contributed by atoms with van der Waals surface area (Å²) in [4.78, 5) is 15.0. The third-order valence-electron chi connectivity index (χ3n) is 6.05. The summed E-state index contributed by atoms with van der Waals surface area (Å²) in [5.41, 5.74) is 5.62. The normalized spacial score (nSPS) is 14.6. The maximum absolute atomic E-state index is 5.54. The summed E-state index contributed by atoms with van der Waals surface area (Å²) < 4.78 is 12.9. The van der Waals surface area contributed by atoms with Gasteiger partial charge in [0.2, 0.25) is 5.95 Å². The highest BCUT2D eigenvalue weighted by Gasteiger charge is 2.14. The molecule has 172 valence electrons. The van der Waals surface area contributed by atoms with E-state index in [-0.39, 0.29) is 0 Å². The molecule has 0 spiro atoms. The predicted molar refractivity (Wildman–Crippen MR) is 130 cm³/mol. The fourth-order valence-corrected chi connectivity index (χ4v) is 4.33. The lowest BCUT2D eigenvalue weighted by Crippen LogP contribution is -2.35. The van der Waals surface area contributed by atoms with Gasteiger partial charge in [-0.3, -0.25) is 4.90 Å². The van der Waals surface area contributed by atoms with Crippen LogP contribution in [0.15, 0.2) is 60.8 Å². The summed E-state index contributed by atoms with van der Waals surface area (Å²) in [6.45, 7) is 4.21. The molecular formula is C25H25N7O2. The molecule has 9 nitrogen and oxygen atoms in total. The number of nitrogens with one attached hydrogen (secondary N) is 2. The number of H-pyrrole nitrogens is 1. The van der Waals surface area contributed by atoms with Gasteiger partial charge < -0.3 is 19.8 Å². The van der Waals surface area contributed by atoms with Gasteiger partial charge in [0.15, 0.2) is 0 Å². The van der Waals surface area contributed by atoms with Crippen LogP contribution in [0.1, 0.15) is 5.82 Å². The topological polar surface area (TPSA) is 92.6 Å². The van der Waals surface area contributed by atoms with E-state index in [1.807, 2.05) is 65.3 Å². The van der Waals surface area contributed by atoms with Crippen molar-refractivity contribution in [2.24, 2.45) is 0 Å². The Morgan fingerprint density at radius 2 is 1.97 bits per heavy atom. The van der Waals surface area contributed by atoms with E-state index in [9.17, 15) is 0 Å². The van der Waals surface area contributed by atoms with Crippen LogP contribution in [0.5, 0.6) is 5.75 Å². The number of anilines is 2. The summed E-state index contributed by atoms with van der Waals surface area (Å²) in [5, 5.41) is 8.07. The van der Waals surface area contributed by atoms with Gasteiger partial charge in [0, 0.05) is 24.3 Å². The number of ether oxygens (including phenoxy) is 2. The number of rotatable bonds is 6. The molecule has 1 aliphatic rings. The van der Waals surface area contributed by atoms with Crippen LogP contribution >= 0.6 is 0 Å². The Bertz CT molecular complexity index is 1450. The molecule has 3 aromatic heterocycles. The van der Waals surface area contributed by atoms with Crippen molar-refractivity contribution in [1.82, 2.24) is 29.5 Å². The molecule has 0 amide bonds. The number of methoxy groups -OCH3 is 1. The maximum atomic E-state index is 5.54. The van der Waals surface area contributed by atoms with E-state index in [0.29, 0.717) is 5.95 Å². The number of aromatic amines is 1. The van der Waals surface area contributed by atoms with Gasteiger partial charge >= 0.3 is 0 Å². The van der Waals surface area contributed by atoms with E-state index in [4.69, 9.17) is 19.6 Å². The second-order valence-electron chi connectivity index (χ2n) is 8.27. The molecule has 0 saturated carbocycles. The molecule has 1 fully saturated rings. The van der Waals surface area contributed by atoms with Crippen LogP contribution in [0.25, 0.3) is 27.8 Å². The Hall–Kier alpha value is -3.95. The van der Waals surface area contributed by atoms with Crippen molar-refractivity contribution >= 4 is 28.2 Å². The highest BCUT2D eigenvalue weighted by atomic mass is 16.5. The fraction of sp³-hybridized carbons (Fsp3) is 0.240. The summed E-state index contributed by atoms with van der Waals surface area (Å²) in [7, 11) is 1.68. The summed E-state index contributed by atoms with van der Waals surface area (Å²) in [6.07, 6.45) is 1.81. The molecule has 5 aromatic rings.